The summed E-state index contributed by atoms with van der Waals surface area (Å²) in [6.45, 7) is 6.32. The van der Waals surface area contributed by atoms with Crippen LogP contribution in [0.1, 0.15) is 23.6 Å². The lowest BCUT2D eigenvalue weighted by Crippen LogP contribution is -2.24. The molecule has 0 unspecified atom stereocenters. The molecule has 1 amide bonds. The third-order valence-electron chi connectivity index (χ3n) is 3.31. The van der Waals surface area contributed by atoms with Crippen molar-refractivity contribution < 1.29 is 14.3 Å². The molecule has 126 valence electrons. The number of nitrogens with zero attached hydrogens (tertiary/aromatic N) is 1. The number of aryl methyl sites for hydroxylation is 2. The molecule has 5 heteroatoms. The van der Waals surface area contributed by atoms with Gasteiger partial charge in [-0.05, 0) is 50.1 Å². The number of ether oxygens (including phenoxy) is 2. The molecule has 0 spiro atoms. The van der Waals surface area contributed by atoms with Crippen molar-refractivity contribution >= 4 is 12.1 Å². The summed E-state index contributed by atoms with van der Waals surface area (Å²) in [7, 11) is 0. The Hall–Kier alpha value is -2.82. The molecule has 0 radical (unpaired) electrons. The second-order valence-corrected chi connectivity index (χ2v) is 5.32. The van der Waals surface area contributed by atoms with Gasteiger partial charge < -0.3 is 9.47 Å². The molecule has 1 N–H and O–H groups in total. The Morgan fingerprint density at radius 2 is 1.92 bits per heavy atom. The van der Waals surface area contributed by atoms with E-state index < -0.39 is 0 Å². The maximum absolute atomic E-state index is 11.8. The molecular formula is C19H22N2O3. The van der Waals surface area contributed by atoms with Crippen LogP contribution in [0, 0.1) is 13.8 Å². The lowest BCUT2D eigenvalue weighted by molar-refractivity contribution is -0.123. The summed E-state index contributed by atoms with van der Waals surface area (Å²) in [6.07, 6.45) is 1.56. The van der Waals surface area contributed by atoms with Gasteiger partial charge >= 0.3 is 0 Å². The molecule has 24 heavy (non-hydrogen) atoms. The number of hydrazone groups is 1. The quantitative estimate of drug-likeness (QED) is 0.628. The Kier molecular flexibility index (Phi) is 6.37. The van der Waals surface area contributed by atoms with E-state index in [4.69, 9.17) is 9.47 Å². The zero-order valence-corrected chi connectivity index (χ0v) is 14.2. The molecule has 0 heterocycles. The van der Waals surface area contributed by atoms with Gasteiger partial charge in [0.1, 0.15) is 11.5 Å². The van der Waals surface area contributed by atoms with E-state index in [1.807, 2.05) is 63.2 Å². The molecule has 2 rings (SSSR count). The molecule has 0 saturated heterocycles. The van der Waals surface area contributed by atoms with Crippen molar-refractivity contribution in [2.24, 2.45) is 5.10 Å². The maximum atomic E-state index is 11.8. The number of carbonyl (C=O) groups excluding carboxylic acids is 1. The van der Waals surface area contributed by atoms with Crippen molar-refractivity contribution in [3.8, 4) is 11.5 Å². The van der Waals surface area contributed by atoms with E-state index in [0.717, 1.165) is 22.4 Å². The first-order valence-corrected chi connectivity index (χ1v) is 7.84. The largest absolute Gasteiger partial charge is 0.493 e. The summed E-state index contributed by atoms with van der Waals surface area (Å²) in [5.41, 5.74) is 5.33. The first-order valence-electron chi connectivity index (χ1n) is 7.84. The van der Waals surface area contributed by atoms with Gasteiger partial charge in [-0.15, -0.1) is 0 Å². The lowest BCUT2D eigenvalue weighted by Gasteiger charge is -2.09. The fourth-order valence-corrected chi connectivity index (χ4v) is 2.09. The van der Waals surface area contributed by atoms with Crippen LogP contribution in [0.2, 0.25) is 0 Å². The molecule has 2 aromatic carbocycles. The molecule has 0 atom stereocenters. The Morgan fingerprint density at radius 1 is 1.12 bits per heavy atom. The molecule has 0 aliphatic carbocycles. The van der Waals surface area contributed by atoms with Gasteiger partial charge in [0, 0.05) is 5.56 Å². The number of carbonyl (C=O) groups is 1. The third kappa shape index (κ3) is 5.12. The summed E-state index contributed by atoms with van der Waals surface area (Å²) < 4.78 is 11.0. The predicted molar refractivity (Wildman–Crippen MR) is 94.8 cm³/mol. The first-order chi connectivity index (χ1) is 11.6. The molecule has 0 saturated carbocycles. The van der Waals surface area contributed by atoms with Gasteiger partial charge in [0.05, 0.1) is 12.8 Å². The number of hydrogen-bond donors (Lipinski definition) is 1. The Bertz CT molecular complexity index is 726. The number of benzene rings is 2. The monoisotopic (exact) mass is 326 g/mol. The molecule has 0 aromatic heterocycles. The van der Waals surface area contributed by atoms with Crippen molar-refractivity contribution in [1.29, 1.82) is 0 Å². The Morgan fingerprint density at radius 3 is 2.71 bits per heavy atom. The van der Waals surface area contributed by atoms with Crippen molar-refractivity contribution in [3.63, 3.8) is 0 Å². The average molecular weight is 326 g/mol. The van der Waals surface area contributed by atoms with Gasteiger partial charge in [0.25, 0.3) is 5.91 Å². The summed E-state index contributed by atoms with van der Waals surface area (Å²) in [5.74, 6) is 1.11. The van der Waals surface area contributed by atoms with E-state index in [0.29, 0.717) is 12.4 Å². The van der Waals surface area contributed by atoms with Crippen LogP contribution in [-0.4, -0.2) is 25.3 Å². The van der Waals surface area contributed by atoms with E-state index in [2.05, 4.69) is 10.5 Å². The molecule has 2 aromatic rings. The zero-order chi connectivity index (χ0) is 17.4. The molecule has 0 bridgehead atoms. The van der Waals surface area contributed by atoms with Gasteiger partial charge in [-0.3, -0.25) is 4.79 Å². The third-order valence-corrected chi connectivity index (χ3v) is 3.31. The standard InChI is InChI=1S/C19H22N2O3/c1-4-23-17-8-6-5-7-16(17)12-20-21-19(22)13-24-18-11-14(2)9-10-15(18)3/h5-12H,4,13H2,1-3H3,(H,21,22)/b20-12-. The highest BCUT2D eigenvalue weighted by Gasteiger charge is 2.05. The summed E-state index contributed by atoms with van der Waals surface area (Å²) in [5, 5.41) is 3.95. The highest BCUT2D eigenvalue weighted by molar-refractivity contribution is 5.85. The van der Waals surface area contributed by atoms with E-state index in [1.165, 1.54) is 0 Å². The van der Waals surface area contributed by atoms with E-state index in [1.54, 1.807) is 6.21 Å². The Labute approximate surface area is 142 Å². The van der Waals surface area contributed by atoms with Crippen molar-refractivity contribution in [2.75, 3.05) is 13.2 Å². The zero-order valence-electron chi connectivity index (χ0n) is 14.2. The SMILES string of the molecule is CCOc1ccccc1/C=N\NC(=O)COc1cc(C)ccc1C. The van der Waals surface area contributed by atoms with Crippen LogP contribution in [-0.2, 0) is 4.79 Å². The second-order valence-electron chi connectivity index (χ2n) is 5.32. The number of nitrogens with one attached hydrogen (secondary N) is 1. The van der Waals surface area contributed by atoms with E-state index >= 15 is 0 Å². The molecule has 0 aliphatic heterocycles. The maximum Gasteiger partial charge on any atom is 0.277 e. The van der Waals surface area contributed by atoms with Crippen LogP contribution in [0.3, 0.4) is 0 Å². The van der Waals surface area contributed by atoms with Crippen LogP contribution in [0.15, 0.2) is 47.6 Å². The van der Waals surface area contributed by atoms with Gasteiger partial charge in [0.2, 0.25) is 0 Å². The predicted octanol–water partition coefficient (Wildman–Crippen LogP) is 3.23. The minimum atomic E-state index is -0.318. The van der Waals surface area contributed by atoms with Gasteiger partial charge in [-0.1, -0.05) is 24.3 Å². The number of rotatable bonds is 7. The first kappa shape index (κ1) is 17.5. The average Bonchev–Trinajstić information content (AvgIpc) is 2.57. The van der Waals surface area contributed by atoms with Crippen molar-refractivity contribution in [3.05, 3.63) is 59.2 Å². The highest BCUT2D eigenvalue weighted by atomic mass is 16.5. The van der Waals surface area contributed by atoms with Crippen LogP contribution >= 0.6 is 0 Å². The second kappa shape index (κ2) is 8.72. The van der Waals surface area contributed by atoms with E-state index in [-0.39, 0.29) is 12.5 Å². The lowest BCUT2D eigenvalue weighted by atomic mass is 10.1. The minimum Gasteiger partial charge on any atom is -0.493 e. The van der Waals surface area contributed by atoms with Gasteiger partial charge in [-0.2, -0.15) is 5.10 Å². The number of amides is 1. The Balaban J connectivity index is 1.88. The van der Waals surface area contributed by atoms with Gasteiger partial charge in [-0.25, -0.2) is 5.43 Å². The van der Waals surface area contributed by atoms with Crippen molar-refractivity contribution in [2.45, 2.75) is 20.8 Å². The summed E-state index contributed by atoms with van der Waals surface area (Å²) >= 11 is 0. The molecule has 0 aliphatic rings. The molecule has 0 fully saturated rings. The number of hydrogen-bond acceptors (Lipinski definition) is 4. The fraction of sp³-hybridized carbons (Fsp3) is 0.263. The fourth-order valence-electron chi connectivity index (χ4n) is 2.09. The minimum absolute atomic E-state index is 0.0886. The van der Waals surface area contributed by atoms with Crippen LogP contribution in [0.25, 0.3) is 0 Å². The topological polar surface area (TPSA) is 59.9 Å². The smallest absolute Gasteiger partial charge is 0.277 e. The normalized spacial score (nSPS) is 10.6. The molecular weight excluding hydrogens is 304 g/mol. The van der Waals surface area contributed by atoms with Crippen LogP contribution < -0.4 is 14.9 Å². The van der Waals surface area contributed by atoms with Crippen molar-refractivity contribution in [1.82, 2.24) is 5.43 Å². The summed E-state index contributed by atoms with van der Waals surface area (Å²) in [4.78, 5) is 11.8. The van der Waals surface area contributed by atoms with Crippen LogP contribution in [0.5, 0.6) is 11.5 Å². The van der Waals surface area contributed by atoms with Gasteiger partial charge in [0.15, 0.2) is 6.61 Å². The van der Waals surface area contributed by atoms with E-state index in [9.17, 15) is 4.79 Å². The number of para-hydroxylation sites is 1. The molecule has 5 nitrogen and oxygen atoms in total. The summed E-state index contributed by atoms with van der Waals surface area (Å²) in [6, 6.07) is 13.4. The van der Waals surface area contributed by atoms with Crippen LogP contribution in [0.4, 0.5) is 0 Å². The highest BCUT2D eigenvalue weighted by Crippen LogP contribution is 2.19.